The van der Waals surface area contributed by atoms with Crippen LogP contribution in [-0.2, 0) is 9.59 Å². The van der Waals surface area contributed by atoms with Gasteiger partial charge in [-0.05, 0) is 17.7 Å². The lowest BCUT2D eigenvalue weighted by Gasteiger charge is -2.06. The molecule has 19 heavy (non-hydrogen) atoms. The second kappa shape index (κ2) is 7.15. The van der Waals surface area contributed by atoms with Crippen LogP contribution in [0.3, 0.4) is 0 Å². The van der Waals surface area contributed by atoms with Crippen LogP contribution in [0.15, 0.2) is 18.3 Å². The van der Waals surface area contributed by atoms with E-state index in [9.17, 15) is 9.59 Å². The van der Waals surface area contributed by atoms with Crippen molar-refractivity contribution >= 4 is 29.5 Å². The van der Waals surface area contributed by atoms with Crippen LogP contribution in [0.2, 0.25) is 0 Å². The van der Waals surface area contributed by atoms with E-state index in [4.69, 9.17) is 5.11 Å². The van der Waals surface area contributed by atoms with Crippen molar-refractivity contribution in [2.45, 2.75) is 20.3 Å². The molecule has 0 saturated carbocycles. The number of carbonyl (C=O) groups is 2. The van der Waals surface area contributed by atoms with Crippen molar-refractivity contribution in [3.63, 3.8) is 0 Å². The maximum absolute atomic E-state index is 11.3. The number of carbonyl (C=O) groups excluding carboxylic acids is 1. The van der Waals surface area contributed by atoms with Crippen LogP contribution in [0.4, 0.5) is 11.5 Å². The first-order valence-electron chi connectivity index (χ1n) is 6.10. The van der Waals surface area contributed by atoms with Crippen molar-refractivity contribution in [2.75, 3.05) is 17.2 Å². The lowest BCUT2D eigenvalue weighted by molar-refractivity contribution is -0.131. The SMILES string of the molecule is CC.O=C(O)/C=C/c1cnc2c(c1)NCCC(=O)N2. The maximum atomic E-state index is 11.3. The Labute approximate surface area is 111 Å². The summed E-state index contributed by atoms with van der Waals surface area (Å²) in [7, 11) is 0. The molecular weight excluding hydrogens is 246 g/mol. The lowest BCUT2D eigenvalue weighted by Crippen LogP contribution is -2.11. The van der Waals surface area contributed by atoms with E-state index in [1.807, 2.05) is 13.8 Å². The van der Waals surface area contributed by atoms with Crippen LogP contribution in [-0.4, -0.2) is 28.5 Å². The molecule has 1 aromatic rings. The van der Waals surface area contributed by atoms with Crippen LogP contribution in [0.1, 0.15) is 25.8 Å². The second-order valence-electron chi connectivity index (χ2n) is 3.56. The van der Waals surface area contributed by atoms with Crippen molar-refractivity contribution in [1.29, 1.82) is 0 Å². The highest BCUT2D eigenvalue weighted by molar-refractivity contribution is 5.95. The number of carboxylic acids is 1. The van der Waals surface area contributed by atoms with Crippen LogP contribution >= 0.6 is 0 Å². The number of fused-ring (bicyclic) bond motifs is 1. The summed E-state index contributed by atoms with van der Waals surface area (Å²) < 4.78 is 0. The van der Waals surface area contributed by atoms with Crippen molar-refractivity contribution in [3.8, 4) is 0 Å². The smallest absolute Gasteiger partial charge is 0.328 e. The third kappa shape index (κ3) is 4.42. The predicted octanol–water partition coefficient (Wildman–Crippen LogP) is 1.96. The molecule has 0 bridgehead atoms. The normalized spacial score (nSPS) is 13.5. The molecule has 0 radical (unpaired) electrons. The Morgan fingerprint density at radius 2 is 2.21 bits per heavy atom. The van der Waals surface area contributed by atoms with Crippen molar-refractivity contribution in [2.24, 2.45) is 0 Å². The van der Waals surface area contributed by atoms with Gasteiger partial charge in [0.1, 0.15) is 0 Å². The number of hydrogen-bond acceptors (Lipinski definition) is 4. The molecule has 1 aliphatic heterocycles. The van der Waals surface area contributed by atoms with E-state index in [0.717, 1.165) is 6.08 Å². The molecule has 0 atom stereocenters. The number of nitrogens with zero attached hydrogens (tertiary/aromatic N) is 1. The standard InChI is InChI=1S/C11H11N3O3.C2H6/c15-9-3-4-12-8-5-7(1-2-10(16)17)6-13-11(8)14-9;1-2/h1-2,5-6,12H,3-4H2,(H,16,17)(H,13,14,15);1-2H3/b2-1+;. The van der Waals surface area contributed by atoms with Gasteiger partial charge >= 0.3 is 5.97 Å². The van der Waals surface area contributed by atoms with Crippen molar-refractivity contribution < 1.29 is 14.7 Å². The van der Waals surface area contributed by atoms with Gasteiger partial charge in [-0.25, -0.2) is 9.78 Å². The van der Waals surface area contributed by atoms with E-state index < -0.39 is 5.97 Å². The molecule has 0 saturated heterocycles. The number of amides is 1. The summed E-state index contributed by atoms with van der Waals surface area (Å²) in [5, 5.41) is 14.2. The zero-order valence-corrected chi connectivity index (χ0v) is 10.9. The van der Waals surface area contributed by atoms with Gasteiger partial charge in [0.15, 0.2) is 5.82 Å². The summed E-state index contributed by atoms with van der Waals surface area (Å²) in [5.41, 5.74) is 1.36. The molecule has 2 heterocycles. The highest BCUT2D eigenvalue weighted by Crippen LogP contribution is 2.23. The number of anilines is 2. The zero-order valence-electron chi connectivity index (χ0n) is 10.9. The van der Waals surface area contributed by atoms with E-state index in [2.05, 4.69) is 15.6 Å². The van der Waals surface area contributed by atoms with Crippen LogP contribution in [0.25, 0.3) is 6.08 Å². The van der Waals surface area contributed by atoms with E-state index in [-0.39, 0.29) is 5.91 Å². The minimum Gasteiger partial charge on any atom is -0.478 e. The summed E-state index contributed by atoms with van der Waals surface area (Å²) in [6.45, 7) is 4.53. The molecule has 2 rings (SSSR count). The highest BCUT2D eigenvalue weighted by Gasteiger charge is 2.12. The van der Waals surface area contributed by atoms with Crippen LogP contribution in [0, 0.1) is 0 Å². The topological polar surface area (TPSA) is 91.3 Å². The van der Waals surface area contributed by atoms with Crippen molar-refractivity contribution in [1.82, 2.24) is 4.98 Å². The van der Waals surface area contributed by atoms with Gasteiger partial charge < -0.3 is 15.7 Å². The summed E-state index contributed by atoms with van der Waals surface area (Å²) in [6, 6.07) is 1.74. The van der Waals surface area contributed by atoms with Gasteiger partial charge in [0, 0.05) is 25.2 Å². The first-order chi connectivity index (χ1) is 9.15. The van der Waals surface area contributed by atoms with E-state index in [1.165, 1.54) is 12.3 Å². The molecule has 0 aromatic carbocycles. The average molecular weight is 263 g/mol. The molecule has 0 spiro atoms. The molecule has 6 nitrogen and oxygen atoms in total. The number of carboxylic acid groups (broad SMARTS) is 1. The Bertz CT molecular complexity index is 498. The fourth-order valence-corrected chi connectivity index (χ4v) is 1.48. The molecule has 0 unspecified atom stereocenters. The third-order valence-electron chi connectivity index (χ3n) is 2.25. The van der Waals surface area contributed by atoms with Crippen LogP contribution in [0.5, 0.6) is 0 Å². The second-order valence-corrected chi connectivity index (χ2v) is 3.56. The Kier molecular flexibility index (Phi) is 5.53. The molecule has 1 amide bonds. The number of nitrogens with one attached hydrogen (secondary N) is 2. The molecule has 3 N–H and O–H groups in total. The van der Waals surface area contributed by atoms with Gasteiger partial charge in [-0.3, -0.25) is 4.79 Å². The lowest BCUT2D eigenvalue weighted by atomic mass is 10.2. The van der Waals surface area contributed by atoms with Gasteiger partial charge in [0.2, 0.25) is 5.91 Å². The average Bonchev–Trinajstić information content (AvgIpc) is 2.59. The minimum atomic E-state index is -1.01. The highest BCUT2D eigenvalue weighted by atomic mass is 16.4. The number of aliphatic carboxylic acids is 1. The summed E-state index contributed by atoms with van der Waals surface area (Å²) in [5.74, 6) is -0.626. The number of hydrogen-bond donors (Lipinski definition) is 3. The van der Waals surface area contributed by atoms with E-state index in [0.29, 0.717) is 30.0 Å². The molecule has 0 aliphatic carbocycles. The molecule has 1 aromatic heterocycles. The first-order valence-corrected chi connectivity index (χ1v) is 6.10. The maximum Gasteiger partial charge on any atom is 0.328 e. The number of pyridine rings is 1. The van der Waals surface area contributed by atoms with Crippen molar-refractivity contribution in [3.05, 3.63) is 23.9 Å². The third-order valence-corrected chi connectivity index (χ3v) is 2.25. The fraction of sp³-hybridized carbons (Fsp3) is 0.308. The monoisotopic (exact) mass is 263 g/mol. The van der Waals surface area contributed by atoms with Gasteiger partial charge in [-0.1, -0.05) is 13.8 Å². The number of rotatable bonds is 2. The number of aromatic nitrogens is 1. The van der Waals surface area contributed by atoms with Gasteiger partial charge in [0.25, 0.3) is 0 Å². The van der Waals surface area contributed by atoms with Crippen LogP contribution < -0.4 is 10.6 Å². The van der Waals surface area contributed by atoms with Gasteiger partial charge in [-0.2, -0.15) is 0 Å². The Hall–Kier alpha value is -2.37. The molecular formula is C13H17N3O3. The summed E-state index contributed by atoms with van der Waals surface area (Å²) >= 11 is 0. The molecule has 6 heteroatoms. The molecule has 102 valence electrons. The quantitative estimate of drug-likeness (QED) is 0.709. The Morgan fingerprint density at radius 3 is 2.89 bits per heavy atom. The first kappa shape index (κ1) is 14.7. The molecule has 0 fully saturated rings. The predicted molar refractivity (Wildman–Crippen MR) is 74.0 cm³/mol. The van der Waals surface area contributed by atoms with Gasteiger partial charge in [-0.15, -0.1) is 0 Å². The summed E-state index contributed by atoms with van der Waals surface area (Å²) in [4.78, 5) is 25.7. The Balaban J connectivity index is 0.000000861. The zero-order chi connectivity index (χ0) is 14.3. The fourth-order valence-electron chi connectivity index (χ4n) is 1.48. The Morgan fingerprint density at radius 1 is 1.47 bits per heavy atom. The summed E-state index contributed by atoms with van der Waals surface area (Å²) in [6.07, 6.45) is 4.38. The van der Waals surface area contributed by atoms with E-state index >= 15 is 0 Å². The van der Waals surface area contributed by atoms with E-state index in [1.54, 1.807) is 6.07 Å². The minimum absolute atomic E-state index is 0.0856. The largest absolute Gasteiger partial charge is 0.478 e. The molecule has 1 aliphatic rings. The van der Waals surface area contributed by atoms with Gasteiger partial charge in [0.05, 0.1) is 5.69 Å².